The highest BCUT2D eigenvalue weighted by Gasteiger charge is 2.27. The minimum Gasteiger partial charge on any atom is -0.353 e. The van der Waals surface area contributed by atoms with E-state index >= 15 is 0 Å². The van der Waals surface area contributed by atoms with Crippen molar-refractivity contribution in [2.75, 3.05) is 18.4 Å². The Morgan fingerprint density at radius 2 is 1.56 bits per heavy atom. The summed E-state index contributed by atoms with van der Waals surface area (Å²) in [5.74, 6) is 0.381. The molecule has 0 aromatic heterocycles. The molecular formula is C21H29N3O3. The van der Waals surface area contributed by atoms with Crippen LogP contribution >= 0.6 is 0 Å². The SMILES string of the molecule is CC(=O)c1ccc(NC(=O)N2CCC(NC(=O)C3CCCCC3)CC2)cc1. The maximum absolute atomic E-state index is 12.4. The van der Waals surface area contributed by atoms with Gasteiger partial charge in [-0.25, -0.2) is 4.79 Å². The molecule has 0 bridgehead atoms. The van der Waals surface area contributed by atoms with Crippen LogP contribution in [0.25, 0.3) is 0 Å². The number of ketones is 1. The third-order valence-electron chi connectivity index (χ3n) is 5.65. The zero-order valence-electron chi connectivity index (χ0n) is 16.0. The van der Waals surface area contributed by atoms with Gasteiger partial charge in [-0.2, -0.15) is 0 Å². The lowest BCUT2D eigenvalue weighted by Crippen LogP contribution is -2.49. The number of urea groups is 1. The zero-order chi connectivity index (χ0) is 19.2. The van der Waals surface area contributed by atoms with E-state index in [1.54, 1.807) is 29.2 Å². The van der Waals surface area contributed by atoms with E-state index in [2.05, 4.69) is 10.6 Å². The Morgan fingerprint density at radius 1 is 0.926 bits per heavy atom. The van der Waals surface area contributed by atoms with Crippen molar-refractivity contribution in [2.45, 2.75) is 57.9 Å². The van der Waals surface area contributed by atoms with Crippen molar-refractivity contribution in [3.05, 3.63) is 29.8 Å². The fourth-order valence-electron chi connectivity index (χ4n) is 3.90. The fraction of sp³-hybridized carbons (Fsp3) is 0.571. The van der Waals surface area contributed by atoms with E-state index < -0.39 is 0 Å². The molecule has 0 spiro atoms. The molecule has 3 amide bonds. The second-order valence-electron chi connectivity index (χ2n) is 7.67. The average Bonchev–Trinajstić information content (AvgIpc) is 2.69. The molecule has 0 radical (unpaired) electrons. The summed E-state index contributed by atoms with van der Waals surface area (Å²) in [6.07, 6.45) is 7.15. The number of likely N-dealkylation sites (tertiary alicyclic amines) is 1. The molecule has 1 saturated carbocycles. The van der Waals surface area contributed by atoms with Crippen LogP contribution in [-0.4, -0.2) is 41.8 Å². The molecule has 146 valence electrons. The van der Waals surface area contributed by atoms with E-state index in [0.29, 0.717) is 24.3 Å². The Labute approximate surface area is 160 Å². The highest BCUT2D eigenvalue weighted by molar-refractivity contribution is 5.95. The van der Waals surface area contributed by atoms with Crippen LogP contribution in [0.5, 0.6) is 0 Å². The summed E-state index contributed by atoms with van der Waals surface area (Å²) in [5.41, 5.74) is 1.31. The minimum atomic E-state index is -0.136. The van der Waals surface area contributed by atoms with Crippen LogP contribution in [0.15, 0.2) is 24.3 Å². The van der Waals surface area contributed by atoms with Crippen LogP contribution in [0, 0.1) is 5.92 Å². The third kappa shape index (κ3) is 5.31. The van der Waals surface area contributed by atoms with Crippen LogP contribution in [0.2, 0.25) is 0 Å². The molecule has 1 aromatic rings. The number of nitrogens with one attached hydrogen (secondary N) is 2. The van der Waals surface area contributed by atoms with Crippen molar-refractivity contribution < 1.29 is 14.4 Å². The maximum Gasteiger partial charge on any atom is 0.321 e. The number of hydrogen-bond donors (Lipinski definition) is 2. The number of benzene rings is 1. The standard InChI is InChI=1S/C21H29N3O3/c1-15(25)16-7-9-18(10-8-16)23-21(27)24-13-11-19(12-14-24)22-20(26)17-5-3-2-4-6-17/h7-10,17,19H,2-6,11-14H2,1H3,(H,22,26)(H,23,27). The summed E-state index contributed by atoms with van der Waals surface area (Å²) in [7, 11) is 0. The van der Waals surface area contributed by atoms with Crippen molar-refractivity contribution in [2.24, 2.45) is 5.92 Å². The molecule has 0 atom stereocenters. The van der Waals surface area contributed by atoms with Crippen molar-refractivity contribution in [1.29, 1.82) is 0 Å². The van der Waals surface area contributed by atoms with E-state index in [-0.39, 0.29) is 29.7 Å². The van der Waals surface area contributed by atoms with Gasteiger partial charge in [0.15, 0.2) is 5.78 Å². The number of piperidine rings is 1. The van der Waals surface area contributed by atoms with Gasteiger partial charge in [0.05, 0.1) is 0 Å². The van der Waals surface area contributed by atoms with Crippen LogP contribution in [0.4, 0.5) is 10.5 Å². The second kappa shape index (κ2) is 9.02. The Morgan fingerprint density at radius 3 is 2.15 bits per heavy atom. The van der Waals surface area contributed by atoms with Crippen molar-refractivity contribution >= 4 is 23.4 Å². The van der Waals surface area contributed by atoms with Gasteiger partial charge < -0.3 is 15.5 Å². The summed E-state index contributed by atoms with van der Waals surface area (Å²) in [6, 6.07) is 6.94. The van der Waals surface area contributed by atoms with Crippen molar-refractivity contribution in [3.63, 3.8) is 0 Å². The first-order chi connectivity index (χ1) is 13.0. The van der Waals surface area contributed by atoms with Gasteiger partial charge in [0.2, 0.25) is 5.91 Å². The monoisotopic (exact) mass is 371 g/mol. The average molecular weight is 371 g/mol. The van der Waals surface area contributed by atoms with Crippen LogP contribution in [-0.2, 0) is 4.79 Å². The summed E-state index contributed by atoms with van der Waals surface area (Å²) >= 11 is 0. The molecule has 2 aliphatic rings. The Bertz CT molecular complexity index is 672. The number of Topliss-reactive ketones (excluding diaryl/α,β-unsaturated/α-hetero) is 1. The van der Waals surface area contributed by atoms with Gasteiger partial charge in [0.25, 0.3) is 0 Å². The molecule has 0 unspecified atom stereocenters. The largest absolute Gasteiger partial charge is 0.353 e. The van der Waals surface area contributed by atoms with Crippen LogP contribution in [0.3, 0.4) is 0 Å². The number of nitrogens with zero attached hydrogens (tertiary/aromatic N) is 1. The van der Waals surface area contributed by atoms with Gasteiger partial charge in [-0.15, -0.1) is 0 Å². The zero-order valence-corrected chi connectivity index (χ0v) is 16.0. The summed E-state index contributed by atoms with van der Waals surface area (Å²) in [6.45, 7) is 2.78. The molecule has 6 heteroatoms. The van der Waals surface area contributed by atoms with Gasteiger partial charge in [0.1, 0.15) is 0 Å². The van der Waals surface area contributed by atoms with E-state index in [1.807, 2.05) is 0 Å². The van der Waals surface area contributed by atoms with E-state index in [9.17, 15) is 14.4 Å². The predicted molar refractivity (Wildman–Crippen MR) is 105 cm³/mol. The lowest BCUT2D eigenvalue weighted by Gasteiger charge is -2.33. The molecule has 2 N–H and O–H groups in total. The molecule has 1 heterocycles. The molecule has 1 aliphatic carbocycles. The van der Waals surface area contributed by atoms with Gasteiger partial charge in [-0.1, -0.05) is 19.3 Å². The van der Waals surface area contributed by atoms with Gasteiger partial charge >= 0.3 is 6.03 Å². The van der Waals surface area contributed by atoms with Gasteiger partial charge in [-0.3, -0.25) is 9.59 Å². The molecule has 1 aromatic carbocycles. The first kappa shape index (κ1) is 19.4. The van der Waals surface area contributed by atoms with Crippen LogP contribution < -0.4 is 10.6 Å². The second-order valence-corrected chi connectivity index (χ2v) is 7.67. The fourth-order valence-corrected chi connectivity index (χ4v) is 3.90. The quantitative estimate of drug-likeness (QED) is 0.794. The van der Waals surface area contributed by atoms with E-state index in [4.69, 9.17) is 0 Å². The normalized spacial score (nSPS) is 18.8. The maximum atomic E-state index is 12.4. The summed E-state index contributed by atoms with van der Waals surface area (Å²) < 4.78 is 0. The molecule has 27 heavy (non-hydrogen) atoms. The highest BCUT2D eigenvalue weighted by Crippen LogP contribution is 2.24. The Balaban J connectivity index is 1.43. The Hall–Kier alpha value is -2.37. The van der Waals surface area contributed by atoms with Crippen LogP contribution in [0.1, 0.15) is 62.2 Å². The number of carbonyl (C=O) groups excluding carboxylic acids is 3. The lowest BCUT2D eigenvalue weighted by molar-refractivity contribution is -0.126. The molecule has 1 aliphatic heterocycles. The first-order valence-electron chi connectivity index (χ1n) is 10.0. The molecule has 2 fully saturated rings. The molecule has 3 rings (SSSR count). The third-order valence-corrected chi connectivity index (χ3v) is 5.65. The number of hydrogen-bond acceptors (Lipinski definition) is 3. The lowest BCUT2D eigenvalue weighted by atomic mass is 9.88. The predicted octanol–water partition coefficient (Wildman–Crippen LogP) is 3.58. The van der Waals surface area contributed by atoms with E-state index in [0.717, 1.165) is 38.5 Å². The summed E-state index contributed by atoms with van der Waals surface area (Å²) in [4.78, 5) is 37.9. The van der Waals surface area contributed by atoms with Gasteiger partial charge in [0, 0.05) is 36.3 Å². The number of rotatable bonds is 4. The smallest absolute Gasteiger partial charge is 0.321 e. The van der Waals surface area contributed by atoms with Gasteiger partial charge in [-0.05, 0) is 56.9 Å². The molecule has 6 nitrogen and oxygen atoms in total. The topological polar surface area (TPSA) is 78.5 Å². The Kier molecular flexibility index (Phi) is 6.48. The van der Waals surface area contributed by atoms with Crippen molar-refractivity contribution in [3.8, 4) is 0 Å². The molecule has 1 saturated heterocycles. The number of carbonyl (C=O) groups is 3. The number of anilines is 1. The number of amides is 3. The van der Waals surface area contributed by atoms with Crippen molar-refractivity contribution in [1.82, 2.24) is 10.2 Å². The molecular weight excluding hydrogens is 342 g/mol. The minimum absolute atomic E-state index is 0.00484. The summed E-state index contributed by atoms with van der Waals surface area (Å²) in [5, 5.41) is 6.06. The van der Waals surface area contributed by atoms with E-state index in [1.165, 1.54) is 13.3 Å². The first-order valence-corrected chi connectivity index (χ1v) is 10.0. The highest BCUT2D eigenvalue weighted by atomic mass is 16.2.